The molecule has 1 amide bonds. The van der Waals surface area contributed by atoms with Gasteiger partial charge in [-0.25, -0.2) is 4.68 Å². The molecule has 0 fully saturated rings. The van der Waals surface area contributed by atoms with Crippen LogP contribution in [0.1, 0.15) is 27.4 Å². The molecule has 0 aliphatic rings. The highest BCUT2D eigenvalue weighted by atomic mass is 16.5. The molecule has 0 unspecified atom stereocenters. The number of ether oxygens (including phenoxy) is 1. The Kier molecular flexibility index (Phi) is 6.07. The second-order valence-corrected chi connectivity index (χ2v) is 7.84. The average molecular weight is 430 g/mol. The van der Waals surface area contributed by atoms with Crippen LogP contribution in [-0.2, 0) is 20.3 Å². The van der Waals surface area contributed by atoms with Crippen LogP contribution in [0.5, 0.6) is 5.75 Å². The second kappa shape index (κ2) is 9.09. The first-order valence-electron chi connectivity index (χ1n) is 10.5. The maximum absolute atomic E-state index is 12.8. The largest absolute Gasteiger partial charge is 0.471 e. The molecule has 0 atom stereocenters. The number of benzene rings is 2. The molecule has 4 rings (SSSR count). The average Bonchev–Trinajstić information content (AvgIpc) is 3.38. The van der Waals surface area contributed by atoms with Gasteiger partial charge in [-0.2, -0.15) is 10.2 Å². The van der Waals surface area contributed by atoms with Crippen LogP contribution in [-0.4, -0.2) is 37.4 Å². The van der Waals surface area contributed by atoms with E-state index >= 15 is 0 Å². The summed E-state index contributed by atoms with van der Waals surface area (Å²) in [5.41, 5.74) is 5.73. The first-order valence-corrected chi connectivity index (χ1v) is 10.5. The van der Waals surface area contributed by atoms with E-state index in [1.807, 2.05) is 68.0 Å². The quantitative estimate of drug-likeness (QED) is 0.441. The number of rotatable bonds is 7. The van der Waals surface area contributed by atoms with E-state index < -0.39 is 0 Å². The van der Waals surface area contributed by atoms with Crippen molar-refractivity contribution >= 4 is 5.91 Å². The van der Waals surface area contributed by atoms with Gasteiger partial charge in [-0.1, -0.05) is 42.5 Å². The zero-order valence-corrected chi connectivity index (χ0v) is 18.8. The molecule has 164 valence electrons. The molecule has 32 heavy (non-hydrogen) atoms. The predicted molar refractivity (Wildman–Crippen MR) is 123 cm³/mol. The van der Waals surface area contributed by atoms with Gasteiger partial charge in [-0.3, -0.25) is 9.48 Å². The zero-order chi connectivity index (χ0) is 22.7. The number of nitrogens with zero attached hydrogens (tertiary/aromatic N) is 5. The molecule has 2 aromatic heterocycles. The van der Waals surface area contributed by atoms with Crippen LogP contribution in [0, 0.1) is 13.8 Å². The number of carbonyl (C=O) groups excluding carboxylic acids is 1. The van der Waals surface area contributed by atoms with E-state index in [1.165, 1.54) is 0 Å². The van der Waals surface area contributed by atoms with Crippen molar-refractivity contribution in [1.82, 2.24) is 24.5 Å². The van der Waals surface area contributed by atoms with Crippen LogP contribution in [0.2, 0.25) is 0 Å². The third kappa shape index (κ3) is 4.56. The third-order valence-electron chi connectivity index (χ3n) is 5.59. The number of carbonyl (C=O) groups is 1. The summed E-state index contributed by atoms with van der Waals surface area (Å²) >= 11 is 0. The highest BCUT2D eigenvalue weighted by molar-refractivity contribution is 5.92. The minimum Gasteiger partial charge on any atom is -0.471 e. The molecule has 7 nitrogen and oxygen atoms in total. The van der Waals surface area contributed by atoms with Gasteiger partial charge in [0.25, 0.3) is 5.91 Å². The Morgan fingerprint density at radius 3 is 2.31 bits per heavy atom. The number of hydrogen-bond acceptors (Lipinski definition) is 4. The monoisotopic (exact) mass is 429 g/mol. The molecule has 4 aromatic rings. The number of aryl methyl sites for hydroxylation is 2. The molecule has 7 heteroatoms. The summed E-state index contributed by atoms with van der Waals surface area (Å²) in [6.45, 7) is 4.68. The molecule has 2 aromatic carbocycles. The lowest BCUT2D eigenvalue weighted by Crippen LogP contribution is -2.27. The van der Waals surface area contributed by atoms with Gasteiger partial charge in [0.05, 0.1) is 5.69 Å². The fourth-order valence-electron chi connectivity index (χ4n) is 3.61. The van der Waals surface area contributed by atoms with Crippen LogP contribution < -0.4 is 4.74 Å². The summed E-state index contributed by atoms with van der Waals surface area (Å²) in [4.78, 5) is 14.5. The topological polar surface area (TPSA) is 65.2 Å². The molecule has 0 N–H and O–H groups in total. The molecule has 2 heterocycles. The van der Waals surface area contributed by atoms with Gasteiger partial charge < -0.3 is 9.64 Å². The smallest absolute Gasteiger partial charge is 0.274 e. The Bertz CT molecular complexity index is 1210. The number of aromatic nitrogens is 4. The third-order valence-corrected chi connectivity index (χ3v) is 5.59. The molecule has 0 radical (unpaired) electrons. The number of amides is 1. The van der Waals surface area contributed by atoms with E-state index in [2.05, 4.69) is 22.3 Å². The van der Waals surface area contributed by atoms with Crippen molar-refractivity contribution in [3.8, 4) is 16.9 Å². The summed E-state index contributed by atoms with van der Waals surface area (Å²) < 4.78 is 9.28. The fourth-order valence-corrected chi connectivity index (χ4v) is 3.61. The van der Waals surface area contributed by atoms with Crippen LogP contribution in [0.4, 0.5) is 0 Å². The molecule has 0 aliphatic heterocycles. The maximum atomic E-state index is 12.8. The van der Waals surface area contributed by atoms with E-state index in [0.29, 0.717) is 12.2 Å². The lowest BCUT2D eigenvalue weighted by molar-refractivity contribution is 0.0776. The Morgan fingerprint density at radius 2 is 1.66 bits per heavy atom. The Morgan fingerprint density at radius 1 is 0.969 bits per heavy atom. The minimum atomic E-state index is -0.140. The van der Waals surface area contributed by atoms with Crippen molar-refractivity contribution in [2.45, 2.75) is 27.1 Å². The standard InChI is InChI=1S/C25H27N5O2/c1-18-23(19(2)29(4)26-18)16-28(3)25(31)24-14-15-30(27-24)17-32-22-12-10-21(11-13-22)20-8-6-5-7-9-20/h5-15H,16-17H2,1-4H3. The van der Waals surface area contributed by atoms with Crippen molar-refractivity contribution in [3.05, 3.63) is 89.5 Å². The molecule has 0 bridgehead atoms. The van der Waals surface area contributed by atoms with Gasteiger partial charge in [0.1, 0.15) is 5.75 Å². The van der Waals surface area contributed by atoms with E-state index in [1.54, 1.807) is 28.9 Å². The van der Waals surface area contributed by atoms with Crippen LogP contribution in [0.25, 0.3) is 11.1 Å². The summed E-state index contributed by atoms with van der Waals surface area (Å²) in [7, 11) is 3.68. The van der Waals surface area contributed by atoms with Crippen molar-refractivity contribution in [1.29, 1.82) is 0 Å². The van der Waals surface area contributed by atoms with Gasteiger partial charge in [-0.05, 0) is 43.2 Å². The molecule has 0 saturated heterocycles. The molecule has 0 aliphatic carbocycles. The summed E-state index contributed by atoms with van der Waals surface area (Å²) in [5.74, 6) is 0.603. The van der Waals surface area contributed by atoms with Crippen molar-refractivity contribution in [2.75, 3.05) is 7.05 Å². The van der Waals surface area contributed by atoms with Gasteiger partial charge >= 0.3 is 0 Å². The normalized spacial score (nSPS) is 10.9. The highest BCUT2D eigenvalue weighted by Crippen LogP contribution is 2.22. The van der Waals surface area contributed by atoms with Crippen molar-refractivity contribution < 1.29 is 9.53 Å². The number of hydrogen-bond donors (Lipinski definition) is 0. The summed E-state index contributed by atoms with van der Waals surface area (Å²) in [6.07, 6.45) is 1.75. The second-order valence-electron chi connectivity index (χ2n) is 7.84. The molecular formula is C25H27N5O2. The minimum absolute atomic E-state index is 0.140. The Labute approximate surface area is 187 Å². The molecule has 0 saturated carbocycles. The lowest BCUT2D eigenvalue weighted by Gasteiger charge is -2.16. The van der Waals surface area contributed by atoms with Crippen molar-refractivity contribution in [2.24, 2.45) is 7.05 Å². The van der Waals surface area contributed by atoms with Crippen molar-refractivity contribution in [3.63, 3.8) is 0 Å². The molecular weight excluding hydrogens is 402 g/mol. The Hall–Kier alpha value is -3.87. The zero-order valence-electron chi connectivity index (χ0n) is 18.8. The van der Waals surface area contributed by atoms with Gasteiger partial charge in [0.2, 0.25) is 0 Å². The first kappa shape index (κ1) is 21.4. The van der Waals surface area contributed by atoms with E-state index in [9.17, 15) is 4.79 Å². The van der Waals surface area contributed by atoms with Crippen LogP contribution >= 0.6 is 0 Å². The van der Waals surface area contributed by atoms with Gasteiger partial charge in [-0.15, -0.1) is 0 Å². The van der Waals surface area contributed by atoms with E-state index in [0.717, 1.165) is 33.8 Å². The van der Waals surface area contributed by atoms with Gasteiger partial charge in [0, 0.05) is 38.1 Å². The van der Waals surface area contributed by atoms with E-state index in [-0.39, 0.29) is 12.6 Å². The van der Waals surface area contributed by atoms with Gasteiger partial charge in [0.15, 0.2) is 12.4 Å². The predicted octanol–water partition coefficient (Wildman–Crippen LogP) is 4.21. The van der Waals surface area contributed by atoms with Crippen LogP contribution in [0.3, 0.4) is 0 Å². The lowest BCUT2D eigenvalue weighted by atomic mass is 10.1. The Balaban J connectivity index is 1.35. The SMILES string of the molecule is Cc1nn(C)c(C)c1CN(C)C(=O)c1ccn(COc2ccc(-c3ccccc3)cc2)n1. The molecule has 0 spiro atoms. The first-order chi connectivity index (χ1) is 15.4. The summed E-state index contributed by atoms with van der Waals surface area (Å²) in [6, 6.07) is 19.8. The maximum Gasteiger partial charge on any atom is 0.274 e. The van der Waals surface area contributed by atoms with E-state index in [4.69, 9.17) is 4.74 Å². The highest BCUT2D eigenvalue weighted by Gasteiger charge is 2.18. The van der Waals surface area contributed by atoms with Crippen LogP contribution in [0.15, 0.2) is 66.9 Å². The summed E-state index contributed by atoms with van der Waals surface area (Å²) in [5, 5.41) is 8.80. The fraction of sp³-hybridized carbons (Fsp3) is 0.240.